The number of Topliss-reactive ketones (excluding diaryl/α,β-unsaturated/α-hetero) is 1. The molecule has 0 saturated carbocycles. The molecule has 4 rings (SSSR count). The quantitative estimate of drug-likeness (QED) is 0.318. The highest BCUT2D eigenvalue weighted by molar-refractivity contribution is 5.95. The molecule has 1 aliphatic heterocycles. The summed E-state index contributed by atoms with van der Waals surface area (Å²) >= 11 is 0. The number of fused-ring (bicyclic) bond motifs is 1. The van der Waals surface area contributed by atoms with Crippen molar-refractivity contribution in [1.82, 2.24) is 9.88 Å². The van der Waals surface area contributed by atoms with Gasteiger partial charge in [0.2, 0.25) is 0 Å². The van der Waals surface area contributed by atoms with Gasteiger partial charge in [-0.25, -0.2) is 9.18 Å². The molecule has 1 aromatic heterocycles. The molecule has 0 N–H and O–H groups in total. The van der Waals surface area contributed by atoms with E-state index in [-0.39, 0.29) is 18.3 Å². The first-order valence-corrected chi connectivity index (χ1v) is 10.9. The van der Waals surface area contributed by atoms with Gasteiger partial charge in [0.1, 0.15) is 5.82 Å². The number of nitrogens with zero attached hydrogens (tertiary/aromatic N) is 3. The van der Waals surface area contributed by atoms with Crippen LogP contribution in [0.3, 0.4) is 0 Å². The number of piperazine rings is 1. The van der Waals surface area contributed by atoms with E-state index in [0.29, 0.717) is 37.4 Å². The fourth-order valence-corrected chi connectivity index (χ4v) is 3.87. The van der Waals surface area contributed by atoms with Crippen molar-refractivity contribution in [1.29, 1.82) is 0 Å². The van der Waals surface area contributed by atoms with Gasteiger partial charge in [0.05, 0.1) is 11.2 Å². The van der Waals surface area contributed by atoms with Crippen LogP contribution in [-0.2, 0) is 14.3 Å². The summed E-state index contributed by atoms with van der Waals surface area (Å²) in [6.07, 6.45) is 4.58. The van der Waals surface area contributed by atoms with Crippen molar-refractivity contribution in [3.63, 3.8) is 0 Å². The predicted octanol–water partition coefficient (Wildman–Crippen LogP) is 3.48. The lowest BCUT2D eigenvalue weighted by Crippen LogP contribution is -2.50. The Kier molecular flexibility index (Phi) is 6.96. The molecular formula is C26H24FN3O4. The van der Waals surface area contributed by atoms with E-state index in [1.165, 1.54) is 19.1 Å². The van der Waals surface area contributed by atoms with Gasteiger partial charge in [-0.3, -0.25) is 14.6 Å². The van der Waals surface area contributed by atoms with E-state index < -0.39 is 11.8 Å². The minimum absolute atomic E-state index is 0.195. The van der Waals surface area contributed by atoms with Gasteiger partial charge in [-0.15, -0.1) is 0 Å². The second-order valence-electron chi connectivity index (χ2n) is 7.95. The number of amides is 1. The molecule has 2 aromatic carbocycles. The van der Waals surface area contributed by atoms with Crippen LogP contribution in [0.2, 0.25) is 0 Å². The number of pyridine rings is 1. The Hall–Kier alpha value is -4.07. The molecule has 0 bridgehead atoms. The number of carbonyl (C=O) groups is 3. The number of anilines is 1. The molecule has 8 heteroatoms. The molecule has 7 nitrogen and oxygen atoms in total. The molecule has 0 atom stereocenters. The SMILES string of the molecule is CC(=O)c1ccc(N2CCN(C(=O)COC(=O)/C=C/c3cccc4cccnc34)CC2)c(F)c1. The monoisotopic (exact) mass is 461 g/mol. The highest BCUT2D eigenvalue weighted by Crippen LogP contribution is 2.22. The Morgan fingerprint density at radius 1 is 1.06 bits per heavy atom. The molecule has 34 heavy (non-hydrogen) atoms. The standard InChI is InChI=1S/C26H24FN3O4/c1-18(31)21-7-9-23(22(27)16-21)29-12-14-30(15-13-29)24(32)17-34-25(33)10-8-20-5-2-4-19-6-3-11-28-26(19)20/h2-11,16H,12-15,17H2,1H3/b10-8+. The fourth-order valence-electron chi connectivity index (χ4n) is 3.87. The van der Waals surface area contributed by atoms with Gasteiger partial charge in [-0.1, -0.05) is 24.3 Å². The lowest BCUT2D eigenvalue weighted by atomic mass is 10.1. The Bertz CT molecular complexity index is 1260. The van der Waals surface area contributed by atoms with Crippen LogP contribution in [-0.4, -0.2) is 60.3 Å². The average Bonchev–Trinajstić information content (AvgIpc) is 2.86. The highest BCUT2D eigenvalue weighted by Gasteiger charge is 2.23. The molecule has 174 valence electrons. The van der Waals surface area contributed by atoms with E-state index in [4.69, 9.17) is 4.74 Å². The largest absolute Gasteiger partial charge is 0.452 e. The number of rotatable bonds is 6. The second-order valence-corrected chi connectivity index (χ2v) is 7.95. The summed E-state index contributed by atoms with van der Waals surface area (Å²) in [5, 5.41) is 0.960. The van der Waals surface area contributed by atoms with Crippen molar-refractivity contribution >= 4 is 40.3 Å². The van der Waals surface area contributed by atoms with E-state index in [1.807, 2.05) is 35.2 Å². The lowest BCUT2D eigenvalue weighted by molar-refractivity contribution is -0.148. The topological polar surface area (TPSA) is 79.8 Å². The molecule has 1 fully saturated rings. The van der Waals surface area contributed by atoms with Gasteiger partial charge in [-0.2, -0.15) is 0 Å². The van der Waals surface area contributed by atoms with Crippen molar-refractivity contribution < 1.29 is 23.5 Å². The van der Waals surface area contributed by atoms with Crippen LogP contribution in [0.1, 0.15) is 22.8 Å². The van der Waals surface area contributed by atoms with Gasteiger partial charge in [-0.05, 0) is 37.3 Å². The summed E-state index contributed by atoms with van der Waals surface area (Å²) in [5.74, 6) is -1.58. The van der Waals surface area contributed by atoms with Gasteiger partial charge < -0.3 is 14.5 Å². The van der Waals surface area contributed by atoms with Crippen LogP contribution < -0.4 is 4.90 Å². The number of ketones is 1. The zero-order valence-electron chi connectivity index (χ0n) is 18.7. The van der Waals surface area contributed by atoms with Gasteiger partial charge in [0, 0.05) is 55.0 Å². The zero-order valence-corrected chi connectivity index (χ0v) is 18.7. The van der Waals surface area contributed by atoms with E-state index >= 15 is 0 Å². The number of para-hydroxylation sites is 1. The molecule has 0 radical (unpaired) electrons. The maximum absolute atomic E-state index is 14.4. The molecule has 0 unspecified atom stereocenters. The van der Waals surface area contributed by atoms with E-state index in [0.717, 1.165) is 16.5 Å². The van der Waals surface area contributed by atoms with Crippen LogP contribution in [0, 0.1) is 5.82 Å². The van der Waals surface area contributed by atoms with Gasteiger partial charge in [0.25, 0.3) is 5.91 Å². The van der Waals surface area contributed by atoms with Crippen LogP contribution in [0.25, 0.3) is 17.0 Å². The van der Waals surface area contributed by atoms with Gasteiger partial charge >= 0.3 is 5.97 Å². The predicted molar refractivity (Wildman–Crippen MR) is 127 cm³/mol. The number of ether oxygens (including phenoxy) is 1. The van der Waals surface area contributed by atoms with Crippen molar-refractivity contribution in [2.24, 2.45) is 0 Å². The van der Waals surface area contributed by atoms with Gasteiger partial charge in [0.15, 0.2) is 12.4 Å². The van der Waals surface area contributed by atoms with E-state index in [9.17, 15) is 18.8 Å². The maximum atomic E-state index is 14.4. The Morgan fingerprint density at radius 3 is 2.56 bits per heavy atom. The summed E-state index contributed by atoms with van der Waals surface area (Å²) in [7, 11) is 0. The first-order valence-electron chi connectivity index (χ1n) is 10.9. The van der Waals surface area contributed by atoms with Crippen molar-refractivity contribution in [2.75, 3.05) is 37.7 Å². The first kappa shape index (κ1) is 23.1. The minimum atomic E-state index is -0.618. The summed E-state index contributed by atoms with van der Waals surface area (Å²) in [4.78, 5) is 43.7. The summed E-state index contributed by atoms with van der Waals surface area (Å²) in [5.41, 5.74) is 2.27. The Morgan fingerprint density at radius 2 is 1.82 bits per heavy atom. The smallest absolute Gasteiger partial charge is 0.331 e. The van der Waals surface area contributed by atoms with Crippen molar-refractivity contribution in [2.45, 2.75) is 6.92 Å². The fraction of sp³-hybridized carbons (Fsp3) is 0.231. The number of benzene rings is 2. The summed E-state index contributed by atoms with van der Waals surface area (Å²) < 4.78 is 19.5. The van der Waals surface area contributed by atoms with Crippen LogP contribution in [0.4, 0.5) is 10.1 Å². The lowest BCUT2D eigenvalue weighted by Gasteiger charge is -2.36. The molecule has 0 aliphatic carbocycles. The number of esters is 1. The minimum Gasteiger partial charge on any atom is -0.452 e. The molecule has 0 spiro atoms. The summed E-state index contributed by atoms with van der Waals surface area (Å²) in [6.45, 7) is 2.65. The molecule has 3 aromatic rings. The number of carbonyl (C=O) groups excluding carboxylic acids is 3. The number of halogens is 1. The number of hydrogen-bond acceptors (Lipinski definition) is 6. The average molecular weight is 461 g/mol. The molecular weight excluding hydrogens is 437 g/mol. The molecule has 1 saturated heterocycles. The molecule has 1 amide bonds. The second kappa shape index (κ2) is 10.2. The van der Waals surface area contributed by atoms with Crippen LogP contribution in [0.5, 0.6) is 0 Å². The van der Waals surface area contributed by atoms with E-state index in [2.05, 4.69) is 4.98 Å². The molecule has 2 heterocycles. The summed E-state index contributed by atoms with van der Waals surface area (Å²) in [6, 6.07) is 13.9. The number of aromatic nitrogens is 1. The normalized spacial score (nSPS) is 13.9. The van der Waals surface area contributed by atoms with Crippen LogP contribution in [0.15, 0.2) is 60.8 Å². The third-order valence-corrected chi connectivity index (χ3v) is 5.73. The first-order chi connectivity index (χ1) is 16.4. The third kappa shape index (κ3) is 5.28. The molecule has 1 aliphatic rings. The Balaban J connectivity index is 1.27. The van der Waals surface area contributed by atoms with Crippen LogP contribution >= 0.6 is 0 Å². The third-order valence-electron chi connectivity index (χ3n) is 5.73. The van der Waals surface area contributed by atoms with Crippen molar-refractivity contribution in [3.8, 4) is 0 Å². The Labute approximate surface area is 196 Å². The van der Waals surface area contributed by atoms with Crippen molar-refractivity contribution in [3.05, 3.63) is 77.7 Å². The maximum Gasteiger partial charge on any atom is 0.331 e. The number of hydrogen-bond donors (Lipinski definition) is 0. The van der Waals surface area contributed by atoms with E-state index in [1.54, 1.807) is 29.3 Å². The zero-order chi connectivity index (χ0) is 24.1. The highest BCUT2D eigenvalue weighted by atomic mass is 19.1.